The molecule has 22 heavy (non-hydrogen) atoms. The molecule has 1 atom stereocenters. The van der Waals surface area contributed by atoms with E-state index in [9.17, 15) is 13.2 Å². The number of halogens is 3. The van der Waals surface area contributed by atoms with E-state index >= 15 is 0 Å². The van der Waals surface area contributed by atoms with Gasteiger partial charge in [-0.15, -0.1) is 0 Å². The summed E-state index contributed by atoms with van der Waals surface area (Å²) in [7, 11) is 0. The zero-order valence-electron chi connectivity index (χ0n) is 12.6. The number of anilines is 1. The first-order chi connectivity index (χ1) is 10.4. The summed E-state index contributed by atoms with van der Waals surface area (Å²) in [5, 5.41) is 0. The van der Waals surface area contributed by atoms with Gasteiger partial charge in [0.25, 0.3) is 5.88 Å². The van der Waals surface area contributed by atoms with Gasteiger partial charge < -0.3 is 9.64 Å². The largest absolute Gasteiger partial charge is 0.475 e. The molecule has 0 radical (unpaired) electrons. The highest BCUT2D eigenvalue weighted by molar-refractivity contribution is 5.51. The summed E-state index contributed by atoms with van der Waals surface area (Å²) in [5.74, 6) is 0.425. The molecule has 0 spiro atoms. The maximum Gasteiger partial charge on any atom is 0.435 e. The number of alkyl halides is 3. The lowest BCUT2D eigenvalue weighted by Gasteiger charge is -2.42. The lowest BCUT2D eigenvalue weighted by molar-refractivity contribution is -0.141. The first kappa shape index (κ1) is 15.3. The van der Waals surface area contributed by atoms with E-state index in [4.69, 9.17) is 4.74 Å². The van der Waals surface area contributed by atoms with Crippen LogP contribution in [0.15, 0.2) is 6.20 Å². The number of hydrogen-bond donors (Lipinski definition) is 0. The third kappa shape index (κ3) is 2.84. The Hall–Kier alpha value is -1.57. The zero-order chi connectivity index (χ0) is 15.9. The normalized spacial score (nSPS) is 22.8. The lowest BCUT2D eigenvalue weighted by Crippen LogP contribution is -2.55. The minimum absolute atomic E-state index is 0.00433. The predicted molar refractivity (Wildman–Crippen MR) is 75.0 cm³/mol. The van der Waals surface area contributed by atoms with Gasteiger partial charge in [0.2, 0.25) is 0 Å². The van der Waals surface area contributed by atoms with Gasteiger partial charge in [0.05, 0.1) is 12.8 Å². The smallest absolute Gasteiger partial charge is 0.435 e. The highest BCUT2D eigenvalue weighted by atomic mass is 19.4. The van der Waals surface area contributed by atoms with Crippen molar-refractivity contribution < 1.29 is 17.9 Å². The molecule has 0 aliphatic carbocycles. The maximum atomic E-state index is 12.8. The van der Waals surface area contributed by atoms with Crippen molar-refractivity contribution in [1.29, 1.82) is 0 Å². The molecular weight excluding hydrogens is 297 g/mol. The van der Waals surface area contributed by atoms with Gasteiger partial charge in [-0.2, -0.15) is 13.2 Å². The summed E-state index contributed by atoms with van der Waals surface area (Å²) in [5.41, 5.74) is -1.01. The van der Waals surface area contributed by atoms with E-state index in [1.54, 1.807) is 0 Å². The van der Waals surface area contributed by atoms with E-state index in [2.05, 4.69) is 28.7 Å². The third-order valence-corrected chi connectivity index (χ3v) is 4.22. The van der Waals surface area contributed by atoms with Crippen LogP contribution < -0.4 is 9.64 Å². The Labute approximate surface area is 127 Å². The summed E-state index contributed by atoms with van der Waals surface area (Å²) in [6.07, 6.45) is -2.96. The molecular formula is C14H19F3N4O. The van der Waals surface area contributed by atoms with E-state index in [1.807, 2.05) is 4.90 Å². The van der Waals surface area contributed by atoms with Crippen LogP contribution in [-0.4, -0.2) is 53.2 Å². The van der Waals surface area contributed by atoms with E-state index in [0.29, 0.717) is 18.5 Å². The fourth-order valence-corrected chi connectivity index (χ4v) is 2.96. The minimum atomic E-state index is -4.51. The summed E-state index contributed by atoms with van der Waals surface area (Å²) in [4.78, 5) is 12.0. The monoisotopic (exact) mass is 316 g/mol. The molecule has 1 fully saturated rings. The quantitative estimate of drug-likeness (QED) is 0.794. The van der Waals surface area contributed by atoms with Crippen LogP contribution in [0.4, 0.5) is 19.0 Å². The molecule has 122 valence electrons. The average molecular weight is 316 g/mol. The van der Waals surface area contributed by atoms with E-state index in [0.717, 1.165) is 32.3 Å². The van der Waals surface area contributed by atoms with Crippen molar-refractivity contribution in [3.8, 4) is 5.88 Å². The van der Waals surface area contributed by atoms with E-state index < -0.39 is 11.9 Å². The fraction of sp³-hybridized carbons (Fsp3) is 0.714. The summed E-state index contributed by atoms with van der Waals surface area (Å²) in [6.45, 7) is 7.09. The molecule has 0 N–H and O–H groups in total. The van der Waals surface area contributed by atoms with Crippen LogP contribution in [0.5, 0.6) is 5.88 Å². The van der Waals surface area contributed by atoms with Gasteiger partial charge >= 0.3 is 6.18 Å². The number of rotatable bonds is 1. The molecule has 1 aromatic heterocycles. The summed E-state index contributed by atoms with van der Waals surface area (Å²) in [6, 6.07) is 0.646. The molecule has 8 heteroatoms. The average Bonchev–Trinajstić information content (AvgIpc) is 2.64. The molecule has 0 amide bonds. The van der Waals surface area contributed by atoms with Crippen molar-refractivity contribution in [1.82, 2.24) is 14.9 Å². The zero-order valence-corrected chi connectivity index (χ0v) is 12.6. The number of fused-ring (bicyclic) bond motifs is 3. The molecule has 0 bridgehead atoms. The van der Waals surface area contributed by atoms with Crippen LogP contribution in [0.1, 0.15) is 26.0 Å². The molecule has 1 aromatic rings. The second-order valence-electron chi connectivity index (χ2n) is 5.95. The van der Waals surface area contributed by atoms with Crippen LogP contribution in [-0.2, 0) is 6.18 Å². The SMILES string of the molecule is CC(C)N1CCN2c3ncc(C(F)(F)F)nc3OCCC2C1. The van der Waals surface area contributed by atoms with Crippen molar-refractivity contribution in [2.45, 2.75) is 38.5 Å². The topological polar surface area (TPSA) is 41.5 Å². The van der Waals surface area contributed by atoms with Gasteiger partial charge in [-0.1, -0.05) is 0 Å². The summed E-state index contributed by atoms with van der Waals surface area (Å²) >= 11 is 0. The molecule has 1 saturated heterocycles. The lowest BCUT2D eigenvalue weighted by atomic mass is 10.1. The second kappa shape index (κ2) is 5.57. The predicted octanol–water partition coefficient (Wildman–Crippen LogP) is 2.18. The Balaban J connectivity index is 1.89. The number of aromatic nitrogens is 2. The molecule has 3 heterocycles. The van der Waals surface area contributed by atoms with Crippen molar-refractivity contribution in [3.63, 3.8) is 0 Å². The molecule has 1 unspecified atom stereocenters. The van der Waals surface area contributed by atoms with Crippen molar-refractivity contribution in [2.75, 3.05) is 31.1 Å². The van der Waals surface area contributed by atoms with Gasteiger partial charge in [-0.3, -0.25) is 4.90 Å². The highest BCUT2D eigenvalue weighted by Crippen LogP contribution is 2.35. The first-order valence-corrected chi connectivity index (χ1v) is 7.44. The van der Waals surface area contributed by atoms with E-state index in [-0.39, 0.29) is 11.9 Å². The highest BCUT2D eigenvalue weighted by Gasteiger charge is 2.37. The standard InChI is InChI=1S/C14H19F3N4O/c1-9(2)20-4-5-21-10(8-20)3-6-22-13-12(21)18-7-11(19-13)14(15,16)17/h7,9-10H,3-6,8H2,1-2H3. The van der Waals surface area contributed by atoms with Crippen LogP contribution in [0.3, 0.4) is 0 Å². The Kier molecular flexibility index (Phi) is 3.88. The van der Waals surface area contributed by atoms with Crippen LogP contribution in [0.25, 0.3) is 0 Å². The van der Waals surface area contributed by atoms with E-state index in [1.165, 1.54) is 0 Å². The molecule has 2 aliphatic rings. The Bertz CT molecular complexity index is 549. The molecule has 3 rings (SSSR count). The van der Waals surface area contributed by atoms with Gasteiger partial charge in [-0.25, -0.2) is 9.97 Å². The fourth-order valence-electron chi connectivity index (χ4n) is 2.96. The van der Waals surface area contributed by atoms with Crippen LogP contribution in [0, 0.1) is 0 Å². The van der Waals surface area contributed by atoms with Crippen LogP contribution >= 0.6 is 0 Å². The molecule has 2 aliphatic heterocycles. The van der Waals surface area contributed by atoms with Crippen molar-refractivity contribution >= 4 is 5.82 Å². The first-order valence-electron chi connectivity index (χ1n) is 7.44. The molecule has 5 nitrogen and oxygen atoms in total. The Morgan fingerprint density at radius 3 is 2.77 bits per heavy atom. The van der Waals surface area contributed by atoms with Gasteiger partial charge in [0.1, 0.15) is 0 Å². The van der Waals surface area contributed by atoms with Gasteiger partial charge in [-0.05, 0) is 13.8 Å². The minimum Gasteiger partial charge on any atom is -0.475 e. The molecule has 0 saturated carbocycles. The number of hydrogen-bond acceptors (Lipinski definition) is 5. The second-order valence-corrected chi connectivity index (χ2v) is 5.95. The number of piperazine rings is 1. The van der Waals surface area contributed by atoms with Gasteiger partial charge in [0.15, 0.2) is 11.5 Å². The van der Waals surface area contributed by atoms with Crippen LogP contribution in [0.2, 0.25) is 0 Å². The third-order valence-electron chi connectivity index (χ3n) is 4.22. The number of ether oxygens (including phenoxy) is 1. The maximum absolute atomic E-state index is 12.8. The number of nitrogens with zero attached hydrogens (tertiary/aromatic N) is 4. The Morgan fingerprint density at radius 1 is 1.32 bits per heavy atom. The Morgan fingerprint density at radius 2 is 2.09 bits per heavy atom. The summed E-state index contributed by atoms with van der Waals surface area (Å²) < 4.78 is 43.7. The van der Waals surface area contributed by atoms with Gasteiger partial charge in [0, 0.05) is 38.1 Å². The van der Waals surface area contributed by atoms with Crippen molar-refractivity contribution in [3.05, 3.63) is 11.9 Å². The van der Waals surface area contributed by atoms with Crippen molar-refractivity contribution in [2.24, 2.45) is 0 Å². The molecule has 0 aromatic carbocycles.